The third-order valence-electron chi connectivity index (χ3n) is 0. The van der Waals surface area contributed by atoms with Crippen LogP contribution in [-0.2, 0) is 17.4 Å². The Hall–Kier alpha value is 0.372. The predicted molar refractivity (Wildman–Crippen MR) is 21.1 cm³/mol. The molecule has 0 saturated heterocycles. The van der Waals surface area contributed by atoms with Crippen LogP contribution in [-0.4, -0.2) is 0 Å². The minimum Gasteiger partial charge on any atom is -0.693 e. The predicted octanol–water partition coefficient (Wildman–Crippen LogP) is 2.87. The Labute approximate surface area is 42.8 Å². The van der Waals surface area contributed by atoms with E-state index in [0.29, 0.717) is 0 Å². The molecule has 0 unspecified atom stereocenters. The fourth-order valence-corrected chi connectivity index (χ4v) is 0. The van der Waals surface area contributed by atoms with Crippen LogP contribution < -0.4 is 0 Å². The van der Waals surface area contributed by atoms with Crippen LogP contribution in [0.3, 0.4) is 0 Å². The molecule has 5 heteroatoms. The minimum absolute atomic E-state index is 0. The Morgan fingerprint density at radius 1 is 0.400 bits per heavy atom. The summed E-state index contributed by atoms with van der Waals surface area (Å²) in [4.78, 5) is 0. The molecule has 0 heterocycles. The van der Waals surface area contributed by atoms with Crippen molar-refractivity contribution in [1.82, 2.24) is 0 Å². The van der Waals surface area contributed by atoms with Crippen molar-refractivity contribution in [2.24, 2.45) is 0 Å². The molecule has 0 radical (unpaired) electrons. The second kappa shape index (κ2) is 358. The van der Waals surface area contributed by atoms with Gasteiger partial charge in [0.1, 0.15) is 0 Å². The van der Waals surface area contributed by atoms with Crippen LogP contribution in [0.15, 0.2) is 0 Å². The molecule has 0 aromatic rings. The molecule has 0 fully saturated rings. The first-order valence-corrected chi connectivity index (χ1v) is 0. The second-order valence-corrected chi connectivity index (χ2v) is 0. The average Bonchev–Trinajstić information content (AvgIpc) is 0. The maximum absolute atomic E-state index is 0. The Balaban J connectivity index is 0. The van der Waals surface area contributed by atoms with E-state index in [0.717, 1.165) is 0 Å². The molecule has 0 atom stereocenters. The summed E-state index contributed by atoms with van der Waals surface area (Å²) in [5.41, 5.74) is 0. The number of nitrogens with two attached hydrogens (primary N) is 4. The molecule has 0 amide bonds. The standard InChI is InChI=1S/Cr.4H2N/h;4*1H2/q+4;4*-1. The topological polar surface area (TPSA) is 134 Å². The smallest absolute Gasteiger partial charge is 0.693 e. The molecule has 0 rings (SSSR count). The molecule has 0 aliphatic heterocycles. The van der Waals surface area contributed by atoms with Crippen LogP contribution in [0.4, 0.5) is 0 Å². The Kier molecular flexibility index (Phi) is 53100. The Morgan fingerprint density at radius 2 is 0.400 bits per heavy atom. The van der Waals surface area contributed by atoms with Gasteiger partial charge in [-0.2, -0.15) is 0 Å². The fraction of sp³-hybridized carbons (Fsp3) is 0. The quantitative estimate of drug-likeness (QED) is 0.459. The van der Waals surface area contributed by atoms with Gasteiger partial charge in [-0.05, 0) is 0 Å². The summed E-state index contributed by atoms with van der Waals surface area (Å²) in [6, 6.07) is 0. The van der Waals surface area contributed by atoms with Gasteiger partial charge in [0, 0.05) is 0 Å². The van der Waals surface area contributed by atoms with E-state index in [2.05, 4.69) is 0 Å². The van der Waals surface area contributed by atoms with E-state index in [1.807, 2.05) is 0 Å². The number of hydrogen-bond acceptors (Lipinski definition) is 0. The van der Waals surface area contributed by atoms with Crippen LogP contribution in [0.5, 0.6) is 0 Å². The molecule has 0 spiro atoms. The summed E-state index contributed by atoms with van der Waals surface area (Å²) in [6.07, 6.45) is 0. The molecule has 34 valence electrons. The van der Waals surface area contributed by atoms with Crippen molar-refractivity contribution in [3.05, 3.63) is 24.6 Å². The Morgan fingerprint density at radius 3 is 0.400 bits per heavy atom. The molecule has 0 aromatic heterocycles. The zero-order valence-corrected chi connectivity index (χ0v) is 3.99. The molecule has 0 aliphatic rings. The summed E-state index contributed by atoms with van der Waals surface area (Å²) in [7, 11) is 0. The fourth-order valence-electron chi connectivity index (χ4n) is 0. The van der Waals surface area contributed by atoms with Gasteiger partial charge in [0.2, 0.25) is 0 Å². The average molecular weight is 116 g/mol. The minimum atomic E-state index is 0. The molecular weight excluding hydrogens is 108 g/mol. The van der Waals surface area contributed by atoms with Crippen LogP contribution >= 0.6 is 0 Å². The van der Waals surface area contributed by atoms with E-state index in [9.17, 15) is 0 Å². The zero-order chi connectivity index (χ0) is 0. The van der Waals surface area contributed by atoms with E-state index < -0.39 is 0 Å². The van der Waals surface area contributed by atoms with E-state index >= 15 is 0 Å². The Bertz CT molecular complexity index is 3.61. The van der Waals surface area contributed by atoms with E-state index in [1.54, 1.807) is 0 Å². The van der Waals surface area contributed by atoms with E-state index in [-0.39, 0.29) is 42.0 Å². The normalized spacial score (nSPS) is 0. The van der Waals surface area contributed by atoms with Crippen molar-refractivity contribution in [3.63, 3.8) is 0 Å². The monoisotopic (exact) mass is 116 g/mol. The van der Waals surface area contributed by atoms with Crippen molar-refractivity contribution in [2.75, 3.05) is 0 Å². The summed E-state index contributed by atoms with van der Waals surface area (Å²) < 4.78 is 0. The first-order valence-electron chi connectivity index (χ1n) is 0. The molecular formula is H8CrN4. The number of rotatable bonds is 0. The van der Waals surface area contributed by atoms with E-state index in [1.165, 1.54) is 0 Å². The molecule has 0 aliphatic carbocycles. The van der Waals surface area contributed by atoms with Gasteiger partial charge in [-0.1, -0.05) is 0 Å². The van der Waals surface area contributed by atoms with Gasteiger partial charge in [0.15, 0.2) is 0 Å². The van der Waals surface area contributed by atoms with Gasteiger partial charge in [-0.3, -0.25) is 0 Å². The largest absolute Gasteiger partial charge is 4.00 e. The van der Waals surface area contributed by atoms with E-state index in [4.69, 9.17) is 0 Å². The number of hydrogen-bond donors (Lipinski definition) is 0. The van der Waals surface area contributed by atoms with Gasteiger partial charge in [-0.15, -0.1) is 0 Å². The van der Waals surface area contributed by atoms with Crippen molar-refractivity contribution < 1.29 is 17.4 Å². The van der Waals surface area contributed by atoms with Gasteiger partial charge >= 0.3 is 17.4 Å². The van der Waals surface area contributed by atoms with Gasteiger partial charge in [-0.25, -0.2) is 0 Å². The molecule has 0 saturated carbocycles. The van der Waals surface area contributed by atoms with Crippen LogP contribution in [0.2, 0.25) is 0 Å². The zero-order valence-electron chi connectivity index (χ0n) is 2.72. The first-order chi connectivity index (χ1) is 0. The first kappa shape index (κ1) is 740. The van der Waals surface area contributed by atoms with Crippen LogP contribution in [0.25, 0.3) is 24.6 Å². The maximum atomic E-state index is 0. The van der Waals surface area contributed by atoms with Gasteiger partial charge < -0.3 is 24.6 Å². The van der Waals surface area contributed by atoms with Crippen molar-refractivity contribution >= 4 is 0 Å². The molecule has 5 heavy (non-hydrogen) atoms. The summed E-state index contributed by atoms with van der Waals surface area (Å²) in [6.45, 7) is 0. The molecule has 0 aromatic carbocycles. The summed E-state index contributed by atoms with van der Waals surface area (Å²) in [5, 5.41) is 0. The molecule has 8 N–H and O–H groups in total. The maximum Gasteiger partial charge on any atom is 4.00 e. The third-order valence-corrected chi connectivity index (χ3v) is 0. The van der Waals surface area contributed by atoms with Gasteiger partial charge in [0.25, 0.3) is 0 Å². The van der Waals surface area contributed by atoms with Crippen molar-refractivity contribution in [2.45, 2.75) is 0 Å². The summed E-state index contributed by atoms with van der Waals surface area (Å²) in [5.74, 6) is 0. The molecule has 0 bridgehead atoms. The second-order valence-electron chi connectivity index (χ2n) is 0. The molecule has 4 nitrogen and oxygen atoms in total. The van der Waals surface area contributed by atoms with Gasteiger partial charge in [0.05, 0.1) is 0 Å². The SMILES string of the molecule is [Cr+4].[NH2-].[NH2-].[NH2-].[NH2-]. The summed E-state index contributed by atoms with van der Waals surface area (Å²) >= 11 is 0. The van der Waals surface area contributed by atoms with Crippen molar-refractivity contribution in [3.8, 4) is 0 Å². The third kappa shape index (κ3) is 177. The van der Waals surface area contributed by atoms with Crippen molar-refractivity contribution in [1.29, 1.82) is 0 Å². The van der Waals surface area contributed by atoms with Crippen LogP contribution in [0.1, 0.15) is 0 Å². The van der Waals surface area contributed by atoms with Crippen LogP contribution in [0, 0.1) is 0 Å².